The largest absolute Gasteiger partial charge is 0.351 e. The molecule has 2 amide bonds. The van der Waals surface area contributed by atoms with Crippen LogP contribution in [0.4, 0.5) is 5.69 Å². The van der Waals surface area contributed by atoms with Gasteiger partial charge in [0.1, 0.15) is 0 Å². The Hall–Kier alpha value is -1.59. The number of quaternary nitrogens is 1. The molecule has 0 aliphatic rings. The summed E-state index contributed by atoms with van der Waals surface area (Å²) in [4.78, 5) is 24.4. The summed E-state index contributed by atoms with van der Waals surface area (Å²) in [6, 6.07) is 6.99. The fourth-order valence-electron chi connectivity index (χ4n) is 1.80. The van der Waals surface area contributed by atoms with Crippen LogP contribution in [0.15, 0.2) is 24.3 Å². The molecule has 0 aliphatic carbocycles. The number of nitrogens with one attached hydrogen (secondary N) is 3. The van der Waals surface area contributed by atoms with E-state index in [2.05, 4.69) is 10.6 Å². The van der Waals surface area contributed by atoms with Gasteiger partial charge in [-0.25, -0.2) is 0 Å². The molecule has 20 heavy (non-hydrogen) atoms. The second kappa shape index (κ2) is 8.55. The highest BCUT2D eigenvalue weighted by molar-refractivity contribution is 6.30. The van der Waals surface area contributed by atoms with E-state index in [4.69, 9.17) is 11.6 Å². The monoisotopic (exact) mass is 298 g/mol. The summed E-state index contributed by atoms with van der Waals surface area (Å²) in [5.74, 6) is -0.173. The number of anilines is 1. The Kier molecular flexibility index (Phi) is 7.04. The summed E-state index contributed by atoms with van der Waals surface area (Å²) < 4.78 is 0. The first-order chi connectivity index (χ1) is 9.55. The first-order valence-corrected chi connectivity index (χ1v) is 7.08. The Morgan fingerprint density at radius 1 is 1.20 bits per heavy atom. The molecule has 1 aromatic rings. The lowest BCUT2D eigenvalue weighted by molar-refractivity contribution is -0.881. The normalized spacial score (nSPS) is 11.8. The lowest BCUT2D eigenvalue weighted by Crippen LogP contribution is -3.14. The zero-order valence-corrected chi connectivity index (χ0v) is 12.6. The van der Waals surface area contributed by atoms with Gasteiger partial charge in [0.25, 0.3) is 11.8 Å². The Morgan fingerprint density at radius 3 is 2.50 bits per heavy atom. The van der Waals surface area contributed by atoms with Gasteiger partial charge < -0.3 is 15.5 Å². The fourth-order valence-corrected chi connectivity index (χ4v) is 1.99. The third-order valence-corrected chi connectivity index (χ3v) is 3.04. The number of hydrogen-bond acceptors (Lipinski definition) is 2. The molecule has 0 saturated heterocycles. The lowest BCUT2D eigenvalue weighted by atomic mass is 10.3. The highest BCUT2D eigenvalue weighted by Gasteiger charge is 2.16. The molecule has 1 atom stereocenters. The predicted octanol–water partition coefficient (Wildman–Crippen LogP) is 0.319. The molecule has 0 bridgehead atoms. The van der Waals surface area contributed by atoms with Crippen LogP contribution in [0.25, 0.3) is 0 Å². The fraction of sp³-hybridized carbons (Fsp3) is 0.429. The van der Waals surface area contributed by atoms with E-state index in [1.54, 1.807) is 24.3 Å². The topological polar surface area (TPSA) is 62.6 Å². The maximum absolute atomic E-state index is 11.9. The predicted molar refractivity (Wildman–Crippen MR) is 80.0 cm³/mol. The molecular formula is C14H21ClN3O2+. The Bertz CT molecular complexity index is 465. The summed E-state index contributed by atoms with van der Waals surface area (Å²) in [7, 11) is 0. The Labute approximate surface area is 124 Å². The summed E-state index contributed by atoms with van der Waals surface area (Å²) in [6.45, 7) is 5.68. The molecule has 0 aromatic heterocycles. The van der Waals surface area contributed by atoms with Crippen molar-refractivity contribution >= 4 is 29.1 Å². The highest BCUT2D eigenvalue weighted by atomic mass is 35.5. The molecule has 110 valence electrons. The first kappa shape index (κ1) is 16.5. The zero-order valence-electron chi connectivity index (χ0n) is 11.8. The van der Waals surface area contributed by atoms with Crippen molar-refractivity contribution in [1.29, 1.82) is 0 Å². The molecule has 0 heterocycles. The maximum Gasteiger partial charge on any atom is 0.279 e. The van der Waals surface area contributed by atoms with E-state index in [0.717, 1.165) is 4.90 Å². The molecule has 0 fully saturated rings. The van der Waals surface area contributed by atoms with E-state index >= 15 is 0 Å². The minimum absolute atomic E-state index is 0.0418. The van der Waals surface area contributed by atoms with Gasteiger partial charge in [-0.2, -0.15) is 0 Å². The van der Waals surface area contributed by atoms with Crippen molar-refractivity contribution in [2.24, 2.45) is 0 Å². The Balaban J connectivity index is 2.48. The molecule has 1 unspecified atom stereocenters. The second-order valence-electron chi connectivity index (χ2n) is 4.47. The molecule has 6 heteroatoms. The van der Waals surface area contributed by atoms with Gasteiger partial charge in [-0.3, -0.25) is 9.59 Å². The maximum atomic E-state index is 11.9. The molecule has 0 saturated carbocycles. The molecule has 0 radical (unpaired) electrons. The Morgan fingerprint density at radius 2 is 1.90 bits per heavy atom. The van der Waals surface area contributed by atoms with E-state index in [0.29, 0.717) is 30.3 Å². The zero-order chi connectivity index (χ0) is 15.0. The van der Waals surface area contributed by atoms with E-state index in [1.807, 2.05) is 13.8 Å². The highest BCUT2D eigenvalue weighted by Crippen LogP contribution is 2.14. The van der Waals surface area contributed by atoms with E-state index in [-0.39, 0.29) is 18.4 Å². The summed E-state index contributed by atoms with van der Waals surface area (Å²) in [5, 5.41) is 6.08. The van der Waals surface area contributed by atoms with E-state index in [1.165, 1.54) is 0 Å². The number of benzene rings is 1. The number of likely N-dealkylation sites (N-methyl/N-ethyl adjacent to an activating group) is 2. The molecule has 0 spiro atoms. The second-order valence-corrected chi connectivity index (χ2v) is 4.91. The van der Waals surface area contributed by atoms with E-state index < -0.39 is 0 Å². The van der Waals surface area contributed by atoms with Crippen LogP contribution in [0.2, 0.25) is 5.02 Å². The van der Waals surface area contributed by atoms with E-state index in [9.17, 15) is 9.59 Å². The molecule has 5 nitrogen and oxygen atoms in total. The van der Waals surface area contributed by atoms with Gasteiger partial charge in [0.2, 0.25) is 0 Å². The minimum atomic E-state index is -0.131. The van der Waals surface area contributed by atoms with Crippen molar-refractivity contribution < 1.29 is 14.5 Å². The number of carbonyl (C=O) groups excluding carboxylic acids is 2. The van der Waals surface area contributed by atoms with Gasteiger partial charge in [0.05, 0.1) is 6.54 Å². The van der Waals surface area contributed by atoms with Crippen LogP contribution in [0, 0.1) is 0 Å². The van der Waals surface area contributed by atoms with Gasteiger partial charge >= 0.3 is 0 Å². The summed E-state index contributed by atoms with van der Waals surface area (Å²) in [6.07, 6.45) is 0. The van der Waals surface area contributed by atoms with Crippen molar-refractivity contribution in [3.63, 3.8) is 0 Å². The van der Waals surface area contributed by atoms with Gasteiger partial charge in [0.15, 0.2) is 13.1 Å². The third kappa shape index (κ3) is 6.04. The first-order valence-electron chi connectivity index (χ1n) is 6.70. The number of hydrogen-bond donors (Lipinski definition) is 3. The van der Waals surface area contributed by atoms with Crippen LogP contribution in [-0.4, -0.2) is 38.0 Å². The van der Waals surface area contributed by atoms with Crippen molar-refractivity contribution in [3.8, 4) is 0 Å². The van der Waals surface area contributed by atoms with Crippen LogP contribution < -0.4 is 15.5 Å². The summed E-state index contributed by atoms with van der Waals surface area (Å²) >= 11 is 5.86. The number of amides is 2. The molecule has 1 rings (SSSR count). The SMILES string of the molecule is CCNC(=O)C[NH+](CC)CC(=O)Nc1cccc(Cl)c1. The van der Waals surface area contributed by atoms with Crippen molar-refractivity contribution in [2.45, 2.75) is 13.8 Å². The van der Waals surface area contributed by atoms with Crippen LogP contribution in [-0.2, 0) is 9.59 Å². The van der Waals surface area contributed by atoms with Crippen LogP contribution >= 0.6 is 11.6 Å². The van der Waals surface area contributed by atoms with Gasteiger partial charge in [-0.1, -0.05) is 17.7 Å². The molecular weight excluding hydrogens is 278 g/mol. The number of rotatable bonds is 7. The van der Waals surface area contributed by atoms with Crippen molar-refractivity contribution in [2.75, 3.05) is 31.5 Å². The number of carbonyl (C=O) groups is 2. The van der Waals surface area contributed by atoms with Crippen LogP contribution in [0.5, 0.6) is 0 Å². The minimum Gasteiger partial charge on any atom is -0.351 e. The van der Waals surface area contributed by atoms with Gasteiger partial charge in [-0.05, 0) is 32.0 Å². The van der Waals surface area contributed by atoms with Gasteiger partial charge in [0, 0.05) is 17.3 Å². The third-order valence-electron chi connectivity index (χ3n) is 2.80. The lowest BCUT2D eigenvalue weighted by Gasteiger charge is -2.16. The average molecular weight is 299 g/mol. The average Bonchev–Trinajstić information content (AvgIpc) is 2.38. The standard InChI is InChI=1S/C14H20ClN3O2/c1-3-16-13(19)9-18(4-2)10-14(20)17-12-7-5-6-11(15)8-12/h5-8H,3-4,9-10H2,1-2H3,(H,16,19)(H,17,20)/p+1. The molecule has 1 aromatic carbocycles. The van der Waals surface area contributed by atoms with Crippen LogP contribution in [0.3, 0.4) is 0 Å². The van der Waals surface area contributed by atoms with Gasteiger partial charge in [-0.15, -0.1) is 0 Å². The summed E-state index contributed by atoms with van der Waals surface area (Å²) in [5.41, 5.74) is 0.663. The van der Waals surface area contributed by atoms with Crippen LogP contribution in [0.1, 0.15) is 13.8 Å². The molecule has 3 N–H and O–H groups in total. The number of halogens is 1. The van der Waals surface area contributed by atoms with Crippen molar-refractivity contribution in [1.82, 2.24) is 5.32 Å². The molecule has 0 aliphatic heterocycles. The van der Waals surface area contributed by atoms with Crippen molar-refractivity contribution in [3.05, 3.63) is 29.3 Å². The quantitative estimate of drug-likeness (QED) is 0.679. The smallest absolute Gasteiger partial charge is 0.279 e.